The SMILES string of the molecule is CCCCCCCCCCCCOCCOCCOCCOCCOc1cc(OCCOCCOCCOCCOCCCCCCCCCCCC)cc(C(=O)CC(C(=O)C(F)(F)F)C(=O)C(F)(F)F)c1. The number of unbranched alkanes of at least 4 members (excludes halogenated alkanes) is 18. The van der Waals surface area contributed by atoms with Crippen LogP contribution in [0.1, 0.15) is 159 Å². The van der Waals surface area contributed by atoms with E-state index < -0.39 is 47.6 Å². The van der Waals surface area contributed by atoms with Crippen molar-refractivity contribution in [2.75, 3.05) is 119 Å². The van der Waals surface area contributed by atoms with Crippen molar-refractivity contribution in [3.05, 3.63) is 23.8 Å². The number of Topliss-reactive ketones (excluding diaryl/α,β-unsaturated/α-hetero) is 3. The number of ketones is 3. The predicted octanol–water partition coefficient (Wildman–Crippen LogP) is 11.9. The molecule has 0 heterocycles. The molecule has 1 aromatic carbocycles. The van der Waals surface area contributed by atoms with Crippen molar-refractivity contribution in [3.8, 4) is 11.5 Å². The van der Waals surface area contributed by atoms with E-state index in [-0.39, 0.29) is 64.4 Å². The Balaban J connectivity index is 2.40. The fourth-order valence-electron chi connectivity index (χ4n) is 7.25. The van der Waals surface area contributed by atoms with E-state index in [1.54, 1.807) is 0 Å². The maximum absolute atomic E-state index is 13.2. The molecule has 0 aliphatic rings. The number of hydrogen-bond donors (Lipinski definition) is 0. The second-order valence-corrected chi connectivity index (χ2v) is 17.6. The van der Waals surface area contributed by atoms with E-state index in [0.717, 1.165) is 38.2 Å². The molecule has 0 atom stereocenters. The molecular weight excluding hydrogens is 959 g/mol. The molecule has 72 heavy (non-hydrogen) atoms. The van der Waals surface area contributed by atoms with Crippen molar-refractivity contribution >= 4 is 17.3 Å². The van der Waals surface area contributed by atoms with Crippen LogP contribution in [0.15, 0.2) is 18.2 Å². The van der Waals surface area contributed by atoms with Gasteiger partial charge in [-0.05, 0) is 25.0 Å². The van der Waals surface area contributed by atoms with Crippen molar-refractivity contribution in [2.45, 2.75) is 161 Å². The molecule has 13 nitrogen and oxygen atoms in total. The highest BCUT2D eigenvalue weighted by atomic mass is 19.4. The lowest BCUT2D eigenvalue weighted by Gasteiger charge is -2.18. The summed E-state index contributed by atoms with van der Waals surface area (Å²) >= 11 is 0. The van der Waals surface area contributed by atoms with E-state index in [4.69, 9.17) is 47.4 Å². The standard InChI is InChI=1S/C53H88F6O13/c1-3-5-7-9-11-13-15-17-19-21-23-63-25-27-65-29-31-67-33-35-69-37-39-71-46-41-45(49(60)44-48(50(61)52(54,55)56)51(62)53(57,58)59)42-47(43-46)72-40-38-70-36-34-68-32-30-66-28-26-64-24-22-20-18-16-14-12-10-8-6-4-2/h41-43,48H,3-40,44H2,1-2H3. The number of ether oxygens (including phenoxy) is 10. The zero-order valence-electron chi connectivity index (χ0n) is 43.5. The lowest BCUT2D eigenvalue weighted by atomic mass is 9.90. The third-order valence-electron chi connectivity index (χ3n) is 11.3. The van der Waals surface area contributed by atoms with Gasteiger partial charge in [-0.3, -0.25) is 14.4 Å². The van der Waals surface area contributed by atoms with Crippen molar-refractivity contribution in [1.29, 1.82) is 0 Å². The van der Waals surface area contributed by atoms with Gasteiger partial charge in [-0.2, -0.15) is 26.3 Å². The molecule has 0 fully saturated rings. The molecule has 0 aliphatic heterocycles. The molecule has 1 aromatic rings. The minimum atomic E-state index is -5.80. The maximum Gasteiger partial charge on any atom is 0.450 e. The highest BCUT2D eigenvalue weighted by Crippen LogP contribution is 2.32. The molecular formula is C53H88F6O13. The molecule has 0 bridgehead atoms. The Morgan fingerprint density at radius 1 is 0.361 bits per heavy atom. The zero-order valence-corrected chi connectivity index (χ0v) is 43.5. The van der Waals surface area contributed by atoms with Gasteiger partial charge < -0.3 is 47.4 Å². The van der Waals surface area contributed by atoms with Crippen molar-refractivity contribution < 1.29 is 88.1 Å². The number of carbonyl (C=O) groups is 3. The third kappa shape index (κ3) is 38.6. The number of carbonyl (C=O) groups excluding carboxylic acids is 3. The van der Waals surface area contributed by atoms with E-state index in [2.05, 4.69) is 13.8 Å². The average Bonchev–Trinajstić information content (AvgIpc) is 3.35. The van der Waals surface area contributed by atoms with Crippen LogP contribution < -0.4 is 9.47 Å². The van der Waals surface area contributed by atoms with Crippen molar-refractivity contribution in [3.63, 3.8) is 0 Å². The normalized spacial score (nSPS) is 12.0. The first-order valence-electron chi connectivity index (χ1n) is 26.6. The first-order valence-corrected chi connectivity index (χ1v) is 26.6. The Labute approximate surface area is 425 Å². The monoisotopic (exact) mass is 1050 g/mol. The Morgan fingerprint density at radius 3 is 0.889 bits per heavy atom. The van der Waals surface area contributed by atoms with Gasteiger partial charge in [0.25, 0.3) is 0 Å². The lowest BCUT2D eigenvalue weighted by molar-refractivity contribution is -0.189. The van der Waals surface area contributed by atoms with E-state index in [1.807, 2.05) is 0 Å². The van der Waals surface area contributed by atoms with Gasteiger partial charge in [-0.15, -0.1) is 0 Å². The van der Waals surface area contributed by atoms with Crippen LogP contribution in [0.2, 0.25) is 0 Å². The summed E-state index contributed by atoms with van der Waals surface area (Å²) in [6, 6.07) is 3.45. The van der Waals surface area contributed by atoms with E-state index >= 15 is 0 Å². The molecule has 0 N–H and O–H groups in total. The summed E-state index contributed by atoms with van der Waals surface area (Å²) in [6.45, 7) is 10.1. The second-order valence-electron chi connectivity index (χ2n) is 17.6. The van der Waals surface area contributed by atoms with E-state index in [0.29, 0.717) is 52.9 Å². The third-order valence-corrected chi connectivity index (χ3v) is 11.3. The maximum atomic E-state index is 13.2. The molecule has 19 heteroatoms. The highest BCUT2D eigenvalue weighted by molar-refractivity contribution is 6.11. The minimum absolute atomic E-state index is 0.0432. The molecule has 0 saturated carbocycles. The van der Waals surface area contributed by atoms with Gasteiger partial charge in [0.15, 0.2) is 5.78 Å². The van der Waals surface area contributed by atoms with Gasteiger partial charge in [0.2, 0.25) is 11.6 Å². The summed E-state index contributed by atoms with van der Waals surface area (Å²) in [5.74, 6) is -10.7. The van der Waals surface area contributed by atoms with Crippen molar-refractivity contribution in [2.24, 2.45) is 5.92 Å². The first kappa shape index (κ1) is 67.1. The van der Waals surface area contributed by atoms with Crippen LogP contribution in [0, 0.1) is 5.92 Å². The molecule has 0 amide bonds. The van der Waals surface area contributed by atoms with Crippen LogP contribution >= 0.6 is 0 Å². The van der Waals surface area contributed by atoms with Gasteiger partial charge in [-0.25, -0.2) is 0 Å². The number of rotatable bonds is 53. The molecule has 0 unspecified atom stereocenters. The number of hydrogen-bond acceptors (Lipinski definition) is 13. The summed E-state index contributed by atoms with van der Waals surface area (Å²) in [4.78, 5) is 36.9. The second kappa shape index (κ2) is 45.5. The number of benzene rings is 1. The van der Waals surface area contributed by atoms with Crippen molar-refractivity contribution in [1.82, 2.24) is 0 Å². The summed E-state index contributed by atoms with van der Waals surface area (Å²) in [6.07, 6.45) is 12.1. The summed E-state index contributed by atoms with van der Waals surface area (Å²) < 4.78 is 135. The number of alkyl halides is 6. The molecule has 420 valence electrons. The first-order chi connectivity index (χ1) is 34.8. The van der Waals surface area contributed by atoms with Crippen LogP contribution in [-0.4, -0.2) is 149 Å². The number of halogens is 6. The molecule has 0 aliphatic carbocycles. The van der Waals surface area contributed by atoms with E-state index in [9.17, 15) is 40.7 Å². The van der Waals surface area contributed by atoms with Gasteiger partial charge in [0, 0.05) is 31.3 Å². The largest absolute Gasteiger partial charge is 0.491 e. The quantitative estimate of drug-likeness (QED) is 0.0264. The Kier molecular flexibility index (Phi) is 42.4. The Morgan fingerprint density at radius 2 is 0.611 bits per heavy atom. The fourth-order valence-corrected chi connectivity index (χ4v) is 7.25. The van der Waals surface area contributed by atoms with E-state index in [1.165, 1.54) is 122 Å². The molecule has 0 radical (unpaired) electrons. The molecule has 0 spiro atoms. The predicted molar refractivity (Wildman–Crippen MR) is 262 cm³/mol. The van der Waals surface area contributed by atoms with Gasteiger partial charge in [0.05, 0.1) is 92.5 Å². The Hall–Kier alpha value is -2.91. The zero-order chi connectivity index (χ0) is 52.8. The molecule has 1 rings (SSSR count). The van der Waals surface area contributed by atoms with Crippen LogP contribution in [-0.2, 0) is 47.5 Å². The van der Waals surface area contributed by atoms with Crippen LogP contribution in [0.3, 0.4) is 0 Å². The summed E-state index contributed by atoms with van der Waals surface area (Å²) in [5.41, 5.74) is -0.452. The fraction of sp³-hybridized carbons (Fsp3) is 0.830. The smallest absolute Gasteiger partial charge is 0.450 e. The van der Waals surface area contributed by atoms with Crippen LogP contribution in [0.5, 0.6) is 11.5 Å². The summed E-state index contributed by atoms with van der Waals surface area (Å²) in [5, 5.41) is 0. The average molecular weight is 1050 g/mol. The summed E-state index contributed by atoms with van der Waals surface area (Å²) in [7, 11) is 0. The highest BCUT2D eigenvalue weighted by Gasteiger charge is 2.54. The van der Waals surface area contributed by atoms with Gasteiger partial charge in [-0.1, -0.05) is 129 Å². The molecule has 0 saturated heterocycles. The van der Waals surface area contributed by atoms with Crippen LogP contribution in [0.4, 0.5) is 26.3 Å². The van der Waals surface area contributed by atoms with Crippen LogP contribution in [0.25, 0.3) is 0 Å². The Bertz CT molecular complexity index is 1370. The molecule has 0 aromatic heterocycles. The lowest BCUT2D eigenvalue weighted by Crippen LogP contribution is -2.42. The van der Waals surface area contributed by atoms with Gasteiger partial charge in [0.1, 0.15) is 30.6 Å². The minimum Gasteiger partial charge on any atom is -0.491 e. The van der Waals surface area contributed by atoms with Gasteiger partial charge >= 0.3 is 12.4 Å². The topological polar surface area (TPSA) is 144 Å².